The third-order valence-corrected chi connectivity index (χ3v) is 3.38. The van der Waals surface area contributed by atoms with Crippen molar-refractivity contribution in [3.8, 4) is 0 Å². The van der Waals surface area contributed by atoms with Crippen molar-refractivity contribution in [1.29, 1.82) is 0 Å². The highest BCUT2D eigenvalue weighted by molar-refractivity contribution is 5.78. The fourth-order valence-electron chi connectivity index (χ4n) is 2.31. The van der Waals surface area contributed by atoms with Crippen molar-refractivity contribution >= 4 is 17.0 Å². The molecular weight excluding hydrogens is 264 g/mol. The number of fused-ring (bicyclic) bond motifs is 1. The zero-order valence-corrected chi connectivity index (χ0v) is 11.8. The number of hydrogen-bond donors (Lipinski definition) is 0. The van der Waals surface area contributed by atoms with E-state index in [4.69, 9.17) is 4.74 Å². The number of hydrogen-bond acceptors (Lipinski definition) is 3. The molecule has 2 aromatic carbocycles. The number of nitrogens with zero attached hydrogens (tertiary/aromatic N) is 2. The lowest BCUT2D eigenvalue weighted by Gasteiger charge is -2.08. The zero-order valence-electron chi connectivity index (χ0n) is 11.8. The van der Waals surface area contributed by atoms with Crippen LogP contribution < -0.4 is 0 Å². The summed E-state index contributed by atoms with van der Waals surface area (Å²) in [6, 6.07) is 17.4. The third kappa shape index (κ3) is 2.94. The van der Waals surface area contributed by atoms with Gasteiger partial charge in [0, 0.05) is 0 Å². The van der Waals surface area contributed by atoms with Gasteiger partial charge < -0.3 is 9.30 Å². The second-order valence-electron chi connectivity index (χ2n) is 4.88. The van der Waals surface area contributed by atoms with Crippen LogP contribution in [0.4, 0.5) is 0 Å². The molecule has 0 saturated carbocycles. The molecule has 0 bridgehead atoms. The molecule has 0 spiro atoms. The second-order valence-corrected chi connectivity index (χ2v) is 4.88. The van der Waals surface area contributed by atoms with Crippen molar-refractivity contribution in [2.24, 2.45) is 0 Å². The molecule has 0 unspecified atom stereocenters. The van der Waals surface area contributed by atoms with Crippen molar-refractivity contribution in [3.63, 3.8) is 0 Å². The fraction of sp³-hybridized carbons (Fsp3) is 0.176. The minimum atomic E-state index is -0.259. The van der Waals surface area contributed by atoms with Crippen LogP contribution in [0.15, 0.2) is 54.6 Å². The van der Waals surface area contributed by atoms with E-state index in [0.717, 1.165) is 22.4 Å². The maximum absolute atomic E-state index is 12.0. The van der Waals surface area contributed by atoms with Crippen LogP contribution in [0.5, 0.6) is 0 Å². The molecule has 0 atom stereocenters. The molecular formula is C17H16N2O2. The van der Waals surface area contributed by atoms with Crippen molar-refractivity contribution < 1.29 is 9.53 Å². The average molecular weight is 280 g/mol. The standard InChI is InChI=1S/C17H16N2O2/c1-13-18-15-9-5-6-10-16(15)19(13)11-17(20)21-12-14-7-3-2-4-8-14/h2-10H,11-12H2,1H3. The second kappa shape index (κ2) is 5.79. The van der Waals surface area contributed by atoms with E-state index < -0.39 is 0 Å². The first-order chi connectivity index (χ1) is 10.2. The molecule has 1 heterocycles. The molecule has 0 fully saturated rings. The minimum absolute atomic E-state index is 0.180. The Morgan fingerprint density at radius 1 is 1.10 bits per heavy atom. The Balaban J connectivity index is 1.70. The van der Waals surface area contributed by atoms with E-state index in [0.29, 0.717) is 6.61 Å². The SMILES string of the molecule is Cc1nc2ccccc2n1CC(=O)OCc1ccccc1. The molecule has 4 heteroatoms. The summed E-state index contributed by atoms with van der Waals surface area (Å²) in [4.78, 5) is 16.4. The fourth-order valence-corrected chi connectivity index (χ4v) is 2.31. The predicted octanol–water partition coefficient (Wildman–Crippen LogP) is 3.09. The largest absolute Gasteiger partial charge is 0.459 e. The first kappa shape index (κ1) is 13.4. The van der Waals surface area contributed by atoms with Gasteiger partial charge in [-0.2, -0.15) is 0 Å². The Hall–Kier alpha value is -2.62. The molecule has 0 aliphatic carbocycles. The van der Waals surface area contributed by atoms with Gasteiger partial charge in [-0.1, -0.05) is 42.5 Å². The first-order valence-corrected chi connectivity index (χ1v) is 6.85. The molecule has 0 aliphatic rings. The van der Waals surface area contributed by atoms with Crippen molar-refractivity contribution in [1.82, 2.24) is 9.55 Å². The normalized spacial score (nSPS) is 10.7. The zero-order chi connectivity index (χ0) is 14.7. The van der Waals surface area contributed by atoms with E-state index in [2.05, 4.69) is 4.98 Å². The van der Waals surface area contributed by atoms with E-state index in [1.807, 2.05) is 66.1 Å². The lowest BCUT2D eigenvalue weighted by atomic mass is 10.2. The van der Waals surface area contributed by atoms with Crippen LogP contribution in [0, 0.1) is 6.92 Å². The lowest BCUT2D eigenvalue weighted by Crippen LogP contribution is -2.14. The molecule has 1 aromatic heterocycles. The monoisotopic (exact) mass is 280 g/mol. The van der Waals surface area contributed by atoms with Gasteiger partial charge >= 0.3 is 5.97 Å². The molecule has 0 aliphatic heterocycles. The van der Waals surface area contributed by atoms with Gasteiger partial charge in [-0.15, -0.1) is 0 Å². The molecule has 3 aromatic rings. The smallest absolute Gasteiger partial charge is 0.326 e. The van der Waals surface area contributed by atoms with Crippen LogP contribution in [-0.2, 0) is 22.7 Å². The number of rotatable bonds is 4. The topological polar surface area (TPSA) is 44.1 Å². The molecule has 0 N–H and O–H groups in total. The number of ether oxygens (including phenoxy) is 1. The summed E-state index contributed by atoms with van der Waals surface area (Å²) < 4.78 is 7.20. The number of para-hydroxylation sites is 2. The number of carbonyl (C=O) groups is 1. The van der Waals surface area contributed by atoms with Crippen LogP contribution in [0.25, 0.3) is 11.0 Å². The summed E-state index contributed by atoms with van der Waals surface area (Å²) in [5, 5.41) is 0. The highest BCUT2D eigenvalue weighted by atomic mass is 16.5. The van der Waals surface area contributed by atoms with Gasteiger partial charge in [-0.25, -0.2) is 4.98 Å². The Morgan fingerprint density at radius 2 is 1.81 bits per heavy atom. The maximum atomic E-state index is 12.0. The summed E-state index contributed by atoms with van der Waals surface area (Å²) in [6.07, 6.45) is 0. The van der Waals surface area contributed by atoms with E-state index in [-0.39, 0.29) is 12.5 Å². The Kier molecular flexibility index (Phi) is 3.69. The highest BCUT2D eigenvalue weighted by Gasteiger charge is 2.11. The quantitative estimate of drug-likeness (QED) is 0.690. The van der Waals surface area contributed by atoms with Crippen molar-refractivity contribution in [3.05, 3.63) is 66.0 Å². The predicted molar refractivity (Wildman–Crippen MR) is 80.7 cm³/mol. The highest BCUT2D eigenvalue weighted by Crippen LogP contribution is 2.15. The van der Waals surface area contributed by atoms with Gasteiger partial charge in [0.1, 0.15) is 19.0 Å². The van der Waals surface area contributed by atoms with Gasteiger partial charge in [0.25, 0.3) is 0 Å². The minimum Gasteiger partial charge on any atom is -0.459 e. The summed E-state index contributed by atoms with van der Waals surface area (Å²) in [6.45, 7) is 2.37. The molecule has 106 valence electrons. The summed E-state index contributed by atoms with van der Waals surface area (Å²) in [5.41, 5.74) is 2.83. The van der Waals surface area contributed by atoms with Crippen LogP contribution >= 0.6 is 0 Å². The van der Waals surface area contributed by atoms with Gasteiger partial charge in [-0.3, -0.25) is 4.79 Å². The van der Waals surface area contributed by atoms with Crippen LogP contribution in [-0.4, -0.2) is 15.5 Å². The van der Waals surface area contributed by atoms with Crippen LogP contribution in [0.2, 0.25) is 0 Å². The maximum Gasteiger partial charge on any atom is 0.326 e. The van der Waals surface area contributed by atoms with Gasteiger partial charge in [0.15, 0.2) is 0 Å². The number of aryl methyl sites for hydroxylation is 1. The molecule has 21 heavy (non-hydrogen) atoms. The lowest BCUT2D eigenvalue weighted by molar-refractivity contribution is -0.145. The summed E-state index contributed by atoms with van der Waals surface area (Å²) >= 11 is 0. The molecule has 4 nitrogen and oxygen atoms in total. The van der Waals surface area contributed by atoms with E-state index >= 15 is 0 Å². The summed E-state index contributed by atoms with van der Waals surface area (Å²) in [5.74, 6) is 0.554. The molecule has 0 radical (unpaired) electrons. The molecule has 3 rings (SSSR count). The number of carbonyl (C=O) groups excluding carboxylic acids is 1. The van der Waals surface area contributed by atoms with Gasteiger partial charge in [0.05, 0.1) is 11.0 Å². The molecule has 0 saturated heterocycles. The van der Waals surface area contributed by atoms with Gasteiger partial charge in [0.2, 0.25) is 0 Å². The van der Waals surface area contributed by atoms with Crippen LogP contribution in [0.3, 0.4) is 0 Å². The number of imidazole rings is 1. The number of esters is 1. The van der Waals surface area contributed by atoms with Crippen LogP contribution in [0.1, 0.15) is 11.4 Å². The number of benzene rings is 2. The Morgan fingerprint density at radius 3 is 2.62 bits per heavy atom. The Bertz CT molecular complexity index is 763. The van der Waals surface area contributed by atoms with Crippen molar-refractivity contribution in [2.75, 3.05) is 0 Å². The number of aromatic nitrogens is 2. The van der Waals surface area contributed by atoms with Gasteiger partial charge in [-0.05, 0) is 24.6 Å². The van der Waals surface area contributed by atoms with E-state index in [1.165, 1.54) is 0 Å². The van der Waals surface area contributed by atoms with Crippen molar-refractivity contribution in [2.45, 2.75) is 20.1 Å². The third-order valence-electron chi connectivity index (χ3n) is 3.38. The summed E-state index contributed by atoms with van der Waals surface area (Å²) in [7, 11) is 0. The van der Waals surface area contributed by atoms with E-state index in [9.17, 15) is 4.79 Å². The first-order valence-electron chi connectivity index (χ1n) is 6.85. The average Bonchev–Trinajstić information content (AvgIpc) is 2.82. The van der Waals surface area contributed by atoms with E-state index in [1.54, 1.807) is 0 Å². The Labute approximate surface area is 123 Å². The molecule has 0 amide bonds.